The topological polar surface area (TPSA) is 66.1 Å². The van der Waals surface area contributed by atoms with Crippen molar-refractivity contribution in [1.29, 1.82) is 0 Å². The van der Waals surface area contributed by atoms with Gasteiger partial charge in [0.05, 0.1) is 29.8 Å². The van der Waals surface area contributed by atoms with E-state index in [0.29, 0.717) is 41.3 Å². The normalized spacial score (nSPS) is 11.3. The van der Waals surface area contributed by atoms with E-state index < -0.39 is 0 Å². The molecule has 0 amide bonds. The summed E-state index contributed by atoms with van der Waals surface area (Å²) in [6.45, 7) is 7.69. The van der Waals surface area contributed by atoms with E-state index >= 15 is 0 Å². The zero-order valence-corrected chi connectivity index (χ0v) is 20.8. The molecule has 0 aliphatic rings. The summed E-state index contributed by atoms with van der Waals surface area (Å²) < 4.78 is 8.97. The van der Waals surface area contributed by atoms with Crippen molar-refractivity contribution in [2.45, 2.75) is 39.0 Å². The number of benzene rings is 2. The minimum atomic E-state index is -0.0983. The van der Waals surface area contributed by atoms with Gasteiger partial charge in [-0.1, -0.05) is 53.7 Å². The number of carbonyl (C=O) groups excluding carboxylic acids is 1. The van der Waals surface area contributed by atoms with Crippen LogP contribution in [0.15, 0.2) is 64.5 Å². The molecule has 4 rings (SSSR count). The molecule has 176 valence electrons. The molecule has 0 radical (unpaired) electrons. The van der Waals surface area contributed by atoms with Gasteiger partial charge in [-0.2, -0.15) is 0 Å². The number of hydrogen-bond donors (Lipinski definition) is 0. The molecular formula is C27H29N3O3S. The maximum atomic E-state index is 13.3. The second-order valence-electron chi connectivity index (χ2n) is 8.43. The highest BCUT2D eigenvalue weighted by atomic mass is 32.2. The number of aryl methyl sites for hydroxylation is 2. The van der Waals surface area contributed by atoms with Crippen LogP contribution in [0.3, 0.4) is 0 Å². The zero-order valence-electron chi connectivity index (χ0n) is 20.0. The lowest BCUT2D eigenvalue weighted by molar-refractivity contribution is 0.102. The number of para-hydroxylation sites is 1. The van der Waals surface area contributed by atoms with Crippen molar-refractivity contribution in [2.24, 2.45) is 0 Å². The van der Waals surface area contributed by atoms with Crippen LogP contribution in [0, 0.1) is 20.8 Å². The molecule has 0 aliphatic heterocycles. The monoisotopic (exact) mass is 475 g/mol. The number of nitrogens with zero attached hydrogens (tertiary/aromatic N) is 3. The van der Waals surface area contributed by atoms with Crippen LogP contribution in [0.25, 0.3) is 10.9 Å². The fraction of sp³-hybridized carbons (Fsp3) is 0.296. The highest BCUT2D eigenvalue weighted by molar-refractivity contribution is 7.99. The first-order valence-electron chi connectivity index (χ1n) is 11.3. The van der Waals surface area contributed by atoms with Crippen molar-refractivity contribution < 1.29 is 9.53 Å². The van der Waals surface area contributed by atoms with Crippen molar-refractivity contribution in [3.63, 3.8) is 0 Å². The average Bonchev–Trinajstić information content (AvgIpc) is 3.12. The van der Waals surface area contributed by atoms with E-state index in [2.05, 4.69) is 4.57 Å². The summed E-state index contributed by atoms with van der Waals surface area (Å²) in [6, 6.07) is 17.4. The summed E-state index contributed by atoms with van der Waals surface area (Å²) in [5, 5.41) is 1.12. The van der Waals surface area contributed by atoms with Gasteiger partial charge in [0.15, 0.2) is 10.9 Å². The largest absolute Gasteiger partial charge is 0.383 e. The maximum Gasteiger partial charge on any atom is 0.262 e. The molecule has 7 heteroatoms. The molecule has 0 bridgehead atoms. The highest BCUT2D eigenvalue weighted by Gasteiger charge is 2.18. The van der Waals surface area contributed by atoms with E-state index in [4.69, 9.17) is 9.72 Å². The van der Waals surface area contributed by atoms with Crippen molar-refractivity contribution >= 4 is 28.4 Å². The molecule has 0 aliphatic carbocycles. The Hall–Kier alpha value is -3.16. The van der Waals surface area contributed by atoms with Gasteiger partial charge >= 0.3 is 0 Å². The number of aromatic nitrogens is 3. The Bertz CT molecular complexity index is 1390. The lowest BCUT2D eigenvalue weighted by Gasteiger charge is -2.13. The Kier molecular flexibility index (Phi) is 7.34. The third kappa shape index (κ3) is 5.00. The molecule has 0 atom stereocenters. The number of thioether (sulfide) groups is 1. The number of hydrogen-bond acceptors (Lipinski definition) is 5. The van der Waals surface area contributed by atoms with Crippen LogP contribution in [-0.2, 0) is 17.8 Å². The van der Waals surface area contributed by atoms with Gasteiger partial charge in [0, 0.05) is 30.6 Å². The Labute approximate surface area is 203 Å². The first-order valence-corrected chi connectivity index (χ1v) is 12.2. The number of ketones is 1. The third-order valence-electron chi connectivity index (χ3n) is 6.01. The van der Waals surface area contributed by atoms with Crippen molar-refractivity contribution in [3.05, 3.63) is 93.0 Å². The Morgan fingerprint density at radius 2 is 1.76 bits per heavy atom. The molecule has 4 aromatic rings. The average molecular weight is 476 g/mol. The zero-order chi connectivity index (χ0) is 24.2. The van der Waals surface area contributed by atoms with Crippen LogP contribution < -0.4 is 5.56 Å². The predicted molar refractivity (Wildman–Crippen MR) is 137 cm³/mol. The molecule has 0 N–H and O–H groups in total. The molecule has 0 saturated carbocycles. The van der Waals surface area contributed by atoms with Gasteiger partial charge in [0.25, 0.3) is 5.56 Å². The number of Topliss-reactive ketones (excluding diaryl/α,β-unsaturated/α-hetero) is 1. The molecule has 2 aromatic heterocycles. The number of rotatable bonds is 9. The van der Waals surface area contributed by atoms with Gasteiger partial charge in [-0.3, -0.25) is 14.2 Å². The van der Waals surface area contributed by atoms with Crippen molar-refractivity contribution in [3.8, 4) is 0 Å². The smallest absolute Gasteiger partial charge is 0.262 e. The summed E-state index contributed by atoms with van der Waals surface area (Å²) in [5.74, 6) is 0.221. The van der Waals surface area contributed by atoms with Gasteiger partial charge in [-0.25, -0.2) is 4.98 Å². The second kappa shape index (κ2) is 10.4. The SMILES string of the molecule is COCCn1c(C)cc(C(=O)CSc2nc3ccccc3c(=O)n2Cc2ccc(C)cc2)c1C. The van der Waals surface area contributed by atoms with E-state index in [1.54, 1.807) is 17.7 Å². The molecule has 0 saturated heterocycles. The summed E-state index contributed by atoms with van der Waals surface area (Å²) in [4.78, 5) is 31.3. The molecule has 34 heavy (non-hydrogen) atoms. The van der Waals surface area contributed by atoms with Gasteiger partial charge in [-0.15, -0.1) is 0 Å². The molecule has 6 nitrogen and oxygen atoms in total. The number of ether oxygens (including phenoxy) is 1. The van der Waals surface area contributed by atoms with Crippen LogP contribution in [0.1, 0.15) is 32.9 Å². The molecule has 0 spiro atoms. The Morgan fingerprint density at radius 3 is 2.50 bits per heavy atom. The quantitative estimate of drug-likeness (QED) is 0.198. The third-order valence-corrected chi connectivity index (χ3v) is 6.99. The predicted octanol–water partition coefficient (Wildman–Crippen LogP) is 4.79. The Balaban J connectivity index is 1.64. The Morgan fingerprint density at radius 1 is 1.03 bits per heavy atom. The summed E-state index contributed by atoms with van der Waals surface area (Å²) >= 11 is 1.31. The van der Waals surface area contributed by atoms with E-state index in [1.165, 1.54) is 11.8 Å². The van der Waals surface area contributed by atoms with Crippen molar-refractivity contribution in [1.82, 2.24) is 14.1 Å². The summed E-state index contributed by atoms with van der Waals surface area (Å²) in [7, 11) is 1.67. The lowest BCUT2D eigenvalue weighted by atomic mass is 10.1. The minimum Gasteiger partial charge on any atom is -0.383 e. The van der Waals surface area contributed by atoms with E-state index in [9.17, 15) is 9.59 Å². The standard InChI is InChI=1S/C27H29N3O3S/c1-18-9-11-21(12-10-18)16-30-26(32)22-7-5-6-8-24(22)28-27(30)34-17-25(31)23-15-19(2)29(20(23)3)13-14-33-4/h5-12,15H,13-14,16-17H2,1-4H3. The molecule has 0 fully saturated rings. The minimum absolute atomic E-state index is 0.0195. The second-order valence-corrected chi connectivity index (χ2v) is 9.37. The van der Waals surface area contributed by atoms with Crippen LogP contribution >= 0.6 is 11.8 Å². The molecular weight excluding hydrogens is 446 g/mol. The first kappa shape index (κ1) is 24.0. The fourth-order valence-electron chi connectivity index (χ4n) is 4.09. The number of carbonyl (C=O) groups is 1. The lowest BCUT2D eigenvalue weighted by Crippen LogP contribution is -2.24. The first-order chi connectivity index (χ1) is 16.4. The van der Waals surface area contributed by atoms with E-state index in [1.807, 2.05) is 69.3 Å². The van der Waals surface area contributed by atoms with Gasteiger partial charge in [-0.05, 0) is 44.5 Å². The summed E-state index contributed by atoms with van der Waals surface area (Å²) in [5.41, 5.74) is 5.39. The van der Waals surface area contributed by atoms with E-state index in [0.717, 1.165) is 22.5 Å². The number of methoxy groups -OCH3 is 1. The van der Waals surface area contributed by atoms with Crippen LogP contribution in [-0.4, -0.2) is 39.4 Å². The van der Waals surface area contributed by atoms with Gasteiger partial charge in [0.2, 0.25) is 0 Å². The number of fused-ring (bicyclic) bond motifs is 1. The fourth-order valence-corrected chi connectivity index (χ4v) is 4.97. The van der Waals surface area contributed by atoms with Crippen LogP contribution in [0.4, 0.5) is 0 Å². The van der Waals surface area contributed by atoms with Crippen molar-refractivity contribution in [2.75, 3.05) is 19.5 Å². The van der Waals surface area contributed by atoms with Gasteiger partial charge < -0.3 is 9.30 Å². The molecule has 2 heterocycles. The molecule has 2 aromatic carbocycles. The summed E-state index contributed by atoms with van der Waals surface area (Å²) in [6.07, 6.45) is 0. The van der Waals surface area contributed by atoms with Crippen LogP contribution in [0.5, 0.6) is 0 Å². The van der Waals surface area contributed by atoms with Gasteiger partial charge in [0.1, 0.15) is 0 Å². The highest BCUT2D eigenvalue weighted by Crippen LogP contribution is 2.23. The molecule has 0 unspecified atom stereocenters. The van der Waals surface area contributed by atoms with Crippen LogP contribution in [0.2, 0.25) is 0 Å². The van der Waals surface area contributed by atoms with E-state index in [-0.39, 0.29) is 17.1 Å². The maximum absolute atomic E-state index is 13.3.